The SMILES string of the molecule is C=CC(=O)N1CCCN(C(=O)CNc2cc(Cl)c(Cl)cc2O)CC1. The van der Waals surface area contributed by atoms with Gasteiger partial charge in [0.05, 0.1) is 22.3 Å². The molecule has 130 valence electrons. The summed E-state index contributed by atoms with van der Waals surface area (Å²) in [5, 5.41) is 13.2. The third kappa shape index (κ3) is 4.55. The molecule has 1 fully saturated rings. The number of hydrogen-bond acceptors (Lipinski definition) is 4. The molecule has 0 unspecified atom stereocenters. The van der Waals surface area contributed by atoms with Gasteiger partial charge < -0.3 is 20.2 Å². The first-order valence-corrected chi connectivity index (χ1v) is 8.29. The van der Waals surface area contributed by atoms with Crippen LogP contribution >= 0.6 is 23.2 Å². The van der Waals surface area contributed by atoms with E-state index in [1.807, 2.05) is 0 Å². The molecule has 0 spiro atoms. The van der Waals surface area contributed by atoms with Crippen molar-refractivity contribution < 1.29 is 14.7 Å². The second kappa shape index (κ2) is 8.26. The van der Waals surface area contributed by atoms with E-state index in [1.165, 1.54) is 18.2 Å². The fraction of sp³-hybridized carbons (Fsp3) is 0.375. The fourth-order valence-corrected chi connectivity index (χ4v) is 2.80. The Labute approximate surface area is 150 Å². The Hall–Kier alpha value is -1.92. The molecule has 0 bridgehead atoms. The monoisotopic (exact) mass is 371 g/mol. The van der Waals surface area contributed by atoms with E-state index < -0.39 is 0 Å². The molecule has 2 amide bonds. The van der Waals surface area contributed by atoms with Gasteiger partial charge in [0, 0.05) is 32.2 Å². The summed E-state index contributed by atoms with van der Waals surface area (Å²) in [6.07, 6.45) is 2.00. The average molecular weight is 372 g/mol. The van der Waals surface area contributed by atoms with Gasteiger partial charge in [-0.3, -0.25) is 9.59 Å². The normalized spacial score (nSPS) is 14.9. The second-order valence-electron chi connectivity index (χ2n) is 5.40. The first-order chi connectivity index (χ1) is 11.4. The third-order valence-electron chi connectivity index (χ3n) is 3.80. The summed E-state index contributed by atoms with van der Waals surface area (Å²) in [4.78, 5) is 27.3. The molecule has 0 atom stereocenters. The Bertz CT molecular complexity index is 652. The molecule has 6 nitrogen and oxygen atoms in total. The van der Waals surface area contributed by atoms with Gasteiger partial charge in [-0.1, -0.05) is 29.8 Å². The summed E-state index contributed by atoms with van der Waals surface area (Å²) in [6, 6.07) is 2.79. The quantitative estimate of drug-likeness (QED) is 0.629. The summed E-state index contributed by atoms with van der Waals surface area (Å²) >= 11 is 11.7. The van der Waals surface area contributed by atoms with Crippen LogP contribution < -0.4 is 5.32 Å². The number of aromatic hydroxyl groups is 1. The maximum atomic E-state index is 12.3. The van der Waals surface area contributed by atoms with Crippen molar-refractivity contribution in [1.29, 1.82) is 0 Å². The molecule has 1 heterocycles. The lowest BCUT2D eigenvalue weighted by Gasteiger charge is -2.22. The van der Waals surface area contributed by atoms with Crippen LogP contribution in [0.5, 0.6) is 5.75 Å². The van der Waals surface area contributed by atoms with Crippen LogP contribution in [-0.4, -0.2) is 59.4 Å². The molecule has 1 aliphatic heterocycles. The topological polar surface area (TPSA) is 72.9 Å². The molecule has 0 radical (unpaired) electrons. The van der Waals surface area contributed by atoms with Gasteiger partial charge in [-0.2, -0.15) is 0 Å². The summed E-state index contributed by atoms with van der Waals surface area (Å²) in [7, 11) is 0. The predicted octanol–water partition coefficient (Wildman–Crippen LogP) is 2.36. The molecule has 0 saturated carbocycles. The summed E-state index contributed by atoms with van der Waals surface area (Å²) in [5.41, 5.74) is 0.344. The van der Waals surface area contributed by atoms with Crippen molar-refractivity contribution in [2.24, 2.45) is 0 Å². The van der Waals surface area contributed by atoms with E-state index in [4.69, 9.17) is 23.2 Å². The summed E-state index contributed by atoms with van der Waals surface area (Å²) < 4.78 is 0. The smallest absolute Gasteiger partial charge is 0.246 e. The van der Waals surface area contributed by atoms with E-state index in [0.29, 0.717) is 38.3 Å². The molecule has 8 heteroatoms. The zero-order valence-electron chi connectivity index (χ0n) is 13.1. The van der Waals surface area contributed by atoms with Gasteiger partial charge in [-0.05, 0) is 18.6 Å². The van der Waals surface area contributed by atoms with E-state index in [9.17, 15) is 14.7 Å². The maximum Gasteiger partial charge on any atom is 0.246 e. The Morgan fingerprint density at radius 1 is 1.17 bits per heavy atom. The number of nitrogens with zero attached hydrogens (tertiary/aromatic N) is 2. The number of benzene rings is 1. The number of hydrogen-bond donors (Lipinski definition) is 2. The first kappa shape index (κ1) is 18.4. The van der Waals surface area contributed by atoms with E-state index in [0.717, 1.165) is 0 Å². The van der Waals surface area contributed by atoms with Crippen molar-refractivity contribution in [2.45, 2.75) is 6.42 Å². The van der Waals surface area contributed by atoms with Gasteiger partial charge >= 0.3 is 0 Å². The zero-order chi connectivity index (χ0) is 17.7. The van der Waals surface area contributed by atoms with Crippen LogP contribution in [0.3, 0.4) is 0 Å². The Morgan fingerprint density at radius 3 is 2.50 bits per heavy atom. The number of halogens is 2. The van der Waals surface area contributed by atoms with Crippen LogP contribution in [0.25, 0.3) is 0 Å². The van der Waals surface area contributed by atoms with Gasteiger partial charge in [0.15, 0.2) is 0 Å². The van der Waals surface area contributed by atoms with Crippen molar-refractivity contribution in [3.63, 3.8) is 0 Å². The molecule has 1 aromatic rings. The molecular formula is C16H19Cl2N3O3. The Morgan fingerprint density at radius 2 is 1.79 bits per heavy atom. The van der Waals surface area contributed by atoms with Crippen LogP contribution in [0.15, 0.2) is 24.8 Å². The minimum atomic E-state index is -0.122. The van der Waals surface area contributed by atoms with Crippen molar-refractivity contribution in [1.82, 2.24) is 9.80 Å². The summed E-state index contributed by atoms with van der Waals surface area (Å²) in [5.74, 6) is -0.313. The highest BCUT2D eigenvalue weighted by molar-refractivity contribution is 6.42. The zero-order valence-corrected chi connectivity index (χ0v) is 14.6. The number of amides is 2. The van der Waals surface area contributed by atoms with Crippen LogP contribution in [0.1, 0.15) is 6.42 Å². The van der Waals surface area contributed by atoms with Gasteiger partial charge in [0.1, 0.15) is 5.75 Å². The van der Waals surface area contributed by atoms with Gasteiger partial charge in [-0.15, -0.1) is 0 Å². The van der Waals surface area contributed by atoms with Crippen molar-refractivity contribution >= 4 is 40.7 Å². The number of rotatable bonds is 4. The fourth-order valence-electron chi connectivity index (χ4n) is 2.48. The highest BCUT2D eigenvalue weighted by Crippen LogP contribution is 2.33. The van der Waals surface area contributed by atoms with Gasteiger partial charge in [0.25, 0.3) is 0 Å². The van der Waals surface area contributed by atoms with Crippen LogP contribution in [0.2, 0.25) is 10.0 Å². The Kier molecular flexibility index (Phi) is 6.34. The summed E-state index contributed by atoms with van der Waals surface area (Å²) in [6.45, 7) is 5.63. The number of carbonyl (C=O) groups is 2. The Balaban J connectivity index is 1.92. The number of carbonyl (C=O) groups excluding carboxylic acids is 2. The van der Waals surface area contributed by atoms with Gasteiger partial charge in [0.2, 0.25) is 11.8 Å². The lowest BCUT2D eigenvalue weighted by molar-refractivity contribution is -0.130. The van der Waals surface area contributed by atoms with Crippen molar-refractivity contribution in [3.05, 3.63) is 34.8 Å². The molecule has 1 saturated heterocycles. The van der Waals surface area contributed by atoms with E-state index >= 15 is 0 Å². The van der Waals surface area contributed by atoms with E-state index in [1.54, 1.807) is 9.80 Å². The van der Waals surface area contributed by atoms with Crippen LogP contribution in [-0.2, 0) is 9.59 Å². The molecule has 0 aliphatic carbocycles. The predicted molar refractivity (Wildman–Crippen MR) is 94.6 cm³/mol. The standard InChI is InChI=1S/C16H19Cl2N3O3/c1-2-15(23)20-4-3-5-21(7-6-20)16(24)10-19-13-8-11(17)12(18)9-14(13)22/h2,8-9,19,22H,1,3-7,10H2. The number of phenolic OH excluding ortho intramolecular Hbond substituents is 1. The highest BCUT2D eigenvalue weighted by Gasteiger charge is 2.20. The first-order valence-electron chi connectivity index (χ1n) is 7.53. The van der Waals surface area contributed by atoms with Gasteiger partial charge in [-0.25, -0.2) is 0 Å². The van der Waals surface area contributed by atoms with E-state index in [2.05, 4.69) is 11.9 Å². The van der Waals surface area contributed by atoms with Crippen LogP contribution in [0, 0.1) is 0 Å². The van der Waals surface area contributed by atoms with E-state index in [-0.39, 0.29) is 34.2 Å². The highest BCUT2D eigenvalue weighted by atomic mass is 35.5. The van der Waals surface area contributed by atoms with Crippen molar-refractivity contribution in [2.75, 3.05) is 38.0 Å². The second-order valence-corrected chi connectivity index (χ2v) is 6.22. The number of phenols is 1. The number of nitrogens with one attached hydrogen (secondary N) is 1. The molecule has 2 rings (SSSR count). The lowest BCUT2D eigenvalue weighted by atomic mass is 10.3. The maximum absolute atomic E-state index is 12.3. The average Bonchev–Trinajstić information content (AvgIpc) is 2.82. The largest absolute Gasteiger partial charge is 0.506 e. The molecule has 2 N–H and O–H groups in total. The minimum Gasteiger partial charge on any atom is -0.506 e. The third-order valence-corrected chi connectivity index (χ3v) is 4.53. The van der Waals surface area contributed by atoms with Crippen LogP contribution in [0.4, 0.5) is 5.69 Å². The molecule has 24 heavy (non-hydrogen) atoms. The molecular weight excluding hydrogens is 353 g/mol. The minimum absolute atomic E-state index is 0.0148. The number of anilines is 1. The molecule has 0 aromatic heterocycles. The lowest BCUT2D eigenvalue weighted by Crippen LogP contribution is -2.39. The molecule has 1 aromatic carbocycles. The molecule has 1 aliphatic rings. The van der Waals surface area contributed by atoms with Crippen molar-refractivity contribution in [3.8, 4) is 5.75 Å².